The Morgan fingerprint density at radius 1 is 1.03 bits per heavy atom. The topological polar surface area (TPSA) is 49.6 Å². The normalized spacial score (nSPS) is 16.4. The van der Waals surface area contributed by atoms with Crippen molar-refractivity contribution in [1.82, 2.24) is 24.5 Å². The van der Waals surface area contributed by atoms with Crippen LogP contribution in [-0.2, 0) is 12.7 Å². The monoisotopic (exact) mass is 404 g/mol. The van der Waals surface area contributed by atoms with Crippen molar-refractivity contribution in [3.63, 3.8) is 0 Å². The molecule has 0 N–H and O–H groups in total. The molecule has 0 spiro atoms. The molecule has 3 aromatic rings. The number of alkyl halides is 3. The molecule has 29 heavy (non-hydrogen) atoms. The van der Waals surface area contributed by atoms with Crippen LogP contribution in [0.4, 0.5) is 19.0 Å². The third-order valence-electron chi connectivity index (χ3n) is 5.48. The maximum Gasteiger partial charge on any atom is 0.416 e. The Balaban J connectivity index is 1.55. The first-order valence-corrected chi connectivity index (χ1v) is 9.64. The number of benzene rings is 1. The zero-order chi connectivity index (χ0) is 20.6. The van der Waals surface area contributed by atoms with Crippen LogP contribution in [0.5, 0.6) is 0 Å². The van der Waals surface area contributed by atoms with Gasteiger partial charge in [0.25, 0.3) is 5.78 Å². The quantitative estimate of drug-likeness (QED) is 0.669. The Morgan fingerprint density at radius 3 is 2.62 bits per heavy atom. The number of fused-ring (bicyclic) bond motifs is 1. The summed E-state index contributed by atoms with van der Waals surface area (Å²) in [7, 11) is 0. The van der Waals surface area contributed by atoms with Crippen LogP contribution in [0, 0.1) is 13.8 Å². The highest BCUT2D eigenvalue weighted by molar-refractivity contribution is 5.54. The molecular formula is C20H23F3N6. The van der Waals surface area contributed by atoms with Crippen LogP contribution in [0.3, 0.4) is 0 Å². The number of hydrogen-bond acceptors (Lipinski definition) is 5. The van der Waals surface area contributed by atoms with E-state index in [0.29, 0.717) is 24.4 Å². The summed E-state index contributed by atoms with van der Waals surface area (Å²) in [5.41, 5.74) is 1.72. The predicted octanol–water partition coefficient (Wildman–Crippen LogP) is 3.47. The number of halogens is 3. The standard InChI is InChI=1S/C20H23F3N6/c1-14-15(2)26-19-24-13-25-29(19)18(14)28-9-5-8-27(10-11-28)12-16-6-3-4-7-17(16)20(21,22)23/h3-4,6-7,13H,5,8-12H2,1-2H3. The summed E-state index contributed by atoms with van der Waals surface area (Å²) in [5, 5.41) is 4.31. The van der Waals surface area contributed by atoms with Crippen LogP contribution < -0.4 is 4.90 Å². The van der Waals surface area contributed by atoms with Crippen molar-refractivity contribution in [2.45, 2.75) is 33.0 Å². The van der Waals surface area contributed by atoms with Crippen molar-refractivity contribution in [1.29, 1.82) is 0 Å². The summed E-state index contributed by atoms with van der Waals surface area (Å²) in [6.45, 7) is 7.17. The molecule has 0 atom stereocenters. The number of aryl methyl sites for hydroxylation is 1. The maximum absolute atomic E-state index is 13.3. The van der Waals surface area contributed by atoms with E-state index in [2.05, 4.69) is 24.9 Å². The van der Waals surface area contributed by atoms with E-state index in [1.807, 2.05) is 13.8 Å². The van der Waals surface area contributed by atoms with Gasteiger partial charge in [-0.2, -0.15) is 27.8 Å². The summed E-state index contributed by atoms with van der Waals surface area (Å²) in [6, 6.07) is 5.83. The van der Waals surface area contributed by atoms with E-state index in [1.54, 1.807) is 16.6 Å². The smallest absolute Gasteiger partial charge is 0.355 e. The van der Waals surface area contributed by atoms with Crippen LogP contribution in [0.2, 0.25) is 0 Å². The minimum Gasteiger partial charge on any atom is -0.355 e. The molecular weight excluding hydrogens is 381 g/mol. The van der Waals surface area contributed by atoms with Crippen LogP contribution in [0.1, 0.15) is 28.8 Å². The largest absolute Gasteiger partial charge is 0.416 e. The Bertz CT molecular complexity index is 1010. The van der Waals surface area contributed by atoms with Gasteiger partial charge in [0.05, 0.1) is 5.56 Å². The lowest BCUT2D eigenvalue weighted by Gasteiger charge is -2.26. The van der Waals surface area contributed by atoms with Gasteiger partial charge in [-0.05, 0) is 31.9 Å². The van der Waals surface area contributed by atoms with E-state index < -0.39 is 11.7 Å². The lowest BCUT2D eigenvalue weighted by Crippen LogP contribution is -2.32. The van der Waals surface area contributed by atoms with Gasteiger partial charge in [-0.3, -0.25) is 4.90 Å². The van der Waals surface area contributed by atoms with Gasteiger partial charge in [-0.25, -0.2) is 4.98 Å². The minimum atomic E-state index is -4.33. The lowest BCUT2D eigenvalue weighted by atomic mass is 10.1. The Morgan fingerprint density at radius 2 is 1.83 bits per heavy atom. The first kappa shape index (κ1) is 19.6. The number of rotatable bonds is 3. The summed E-state index contributed by atoms with van der Waals surface area (Å²) in [4.78, 5) is 13.0. The zero-order valence-electron chi connectivity index (χ0n) is 16.4. The van der Waals surface area contributed by atoms with E-state index in [1.165, 1.54) is 12.4 Å². The molecule has 0 amide bonds. The SMILES string of the molecule is Cc1nc2ncnn2c(N2CCCN(Cc3ccccc3C(F)(F)F)CC2)c1C. The molecule has 3 heterocycles. The van der Waals surface area contributed by atoms with Crippen molar-refractivity contribution in [3.05, 3.63) is 53.0 Å². The molecule has 0 radical (unpaired) electrons. The molecule has 9 heteroatoms. The van der Waals surface area contributed by atoms with Gasteiger partial charge in [0.15, 0.2) is 0 Å². The second-order valence-corrected chi connectivity index (χ2v) is 7.39. The highest BCUT2D eigenvalue weighted by Gasteiger charge is 2.33. The number of nitrogens with zero attached hydrogens (tertiary/aromatic N) is 6. The van der Waals surface area contributed by atoms with Gasteiger partial charge in [0.2, 0.25) is 0 Å². The second-order valence-electron chi connectivity index (χ2n) is 7.39. The minimum absolute atomic E-state index is 0.288. The Hall–Kier alpha value is -2.68. The van der Waals surface area contributed by atoms with Gasteiger partial charge in [0.1, 0.15) is 12.1 Å². The number of aromatic nitrogens is 4. The fraction of sp³-hybridized carbons (Fsp3) is 0.450. The molecule has 0 aliphatic carbocycles. The highest BCUT2D eigenvalue weighted by Crippen LogP contribution is 2.32. The van der Waals surface area contributed by atoms with E-state index >= 15 is 0 Å². The van der Waals surface area contributed by atoms with Crippen molar-refractivity contribution >= 4 is 11.6 Å². The molecule has 4 rings (SSSR count). The van der Waals surface area contributed by atoms with E-state index in [-0.39, 0.29) is 6.54 Å². The molecule has 6 nitrogen and oxygen atoms in total. The molecule has 154 valence electrons. The third kappa shape index (κ3) is 3.91. The van der Waals surface area contributed by atoms with Gasteiger partial charge in [-0.15, -0.1) is 0 Å². The predicted molar refractivity (Wildman–Crippen MR) is 104 cm³/mol. The average molecular weight is 404 g/mol. The summed E-state index contributed by atoms with van der Waals surface area (Å²) < 4.78 is 41.7. The summed E-state index contributed by atoms with van der Waals surface area (Å²) >= 11 is 0. The fourth-order valence-corrected chi connectivity index (χ4v) is 3.90. The van der Waals surface area contributed by atoms with Crippen LogP contribution in [0.25, 0.3) is 5.78 Å². The van der Waals surface area contributed by atoms with Gasteiger partial charge in [0, 0.05) is 44.0 Å². The maximum atomic E-state index is 13.3. The van der Waals surface area contributed by atoms with Gasteiger partial charge in [-0.1, -0.05) is 18.2 Å². The van der Waals surface area contributed by atoms with Gasteiger partial charge < -0.3 is 4.90 Å². The zero-order valence-corrected chi connectivity index (χ0v) is 16.4. The van der Waals surface area contributed by atoms with E-state index in [0.717, 1.165) is 42.7 Å². The number of anilines is 1. The third-order valence-corrected chi connectivity index (χ3v) is 5.48. The van der Waals surface area contributed by atoms with Crippen molar-refractivity contribution in [2.75, 3.05) is 31.1 Å². The average Bonchev–Trinajstić information content (AvgIpc) is 3.00. The molecule has 1 aliphatic heterocycles. The summed E-state index contributed by atoms with van der Waals surface area (Å²) in [5.74, 6) is 1.52. The molecule has 0 unspecified atom stereocenters. The van der Waals surface area contributed by atoms with Crippen molar-refractivity contribution in [3.8, 4) is 0 Å². The van der Waals surface area contributed by atoms with Crippen molar-refractivity contribution < 1.29 is 13.2 Å². The lowest BCUT2D eigenvalue weighted by molar-refractivity contribution is -0.138. The molecule has 0 saturated carbocycles. The highest BCUT2D eigenvalue weighted by atomic mass is 19.4. The Labute approximate surface area is 167 Å². The molecule has 1 fully saturated rings. The first-order chi connectivity index (χ1) is 13.8. The molecule has 1 aliphatic rings. The molecule has 1 saturated heterocycles. The van der Waals surface area contributed by atoms with Crippen LogP contribution in [0.15, 0.2) is 30.6 Å². The molecule has 1 aromatic carbocycles. The van der Waals surface area contributed by atoms with Crippen LogP contribution in [-0.4, -0.2) is 50.7 Å². The van der Waals surface area contributed by atoms with Crippen molar-refractivity contribution in [2.24, 2.45) is 0 Å². The first-order valence-electron chi connectivity index (χ1n) is 9.64. The molecule has 2 aromatic heterocycles. The van der Waals surface area contributed by atoms with Crippen LogP contribution >= 0.6 is 0 Å². The second kappa shape index (κ2) is 7.62. The van der Waals surface area contributed by atoms with E-state index in [4.69, 9.17) is 0 Å². The van der Waals surface area contributed by atoms with Gasteiger partial charge >= 0.3 is 6.18 Å². The number of hydrogen-bond donors (Lipinski definition) is 0. The fourth-order valence-electron chi connectivity index (χ4n) is 3.90. The Kier molecular flexibility index (Phi) is 5.16. The van der Waals surface area contributed by atoms with E-state index in [9.17, 15) is 13.2 Å². The summed E-state index contributed by atoms with van der Waals surface area (Å²) in [6.07, 6.45) is -1.99. The molecule has 0 bridgehead atoms.